The first-order valence-electron chi connectivity index (χ1n) is 9.79. The predicted molar refractivity (Wildman–Crippen MR) is 114 cm³/mol. The highest BCUT2D eigenvalue weighted by molar-refractivity contribution is 6.07. The molecule has 0 bridgehead atoms. The highest BCUT2D eigenvalue weighted by atomic mass is 16.5. The molecule has 0 aliphatic heterocycles. The third-order valence-corrected chi connectivity index (χ3v) is 5.04. The third-order valence-electron chi connectivity index (χ3n) is 5.04. The fraction of sp³-hybridized carbons (Fsp3) is 0.261. The smallest absolute Gasteiger partial charge is 0.255 e. The molecule has 0 fully saturated rings. The lowest BCUT2D eigenvalue weighted by Crippen LogP contribution is -2.33. The van der Waals surface area contributed by atoms with E-state index in [1.807, 2.05) is 50.4 Å². The summed E-state index contributed by atoms with van der Waals surface area (Å²) in [7, 11) is 3.46. The first kappa shape index (κ1) is 19.8. The summed E-state index contributed by atoms with van der Waals surface area (Å²) < 4.78 is 12.5. The average molecular weight is 404 g/mol. The molecule has 0 saturated heterocycles. The van der Waals surface area contributed by atoms with E-state index in [2.05, 4.69) is 5.10 Å². The number of aryl methyl sites for hydroxylation is 2. The number of pyridine rings is 1. The topological polar surface area (TPSA) is 73.4 Å². The molecule has 0 unspecified atom stereocenters. The number of hydrogen-bond acceptors (Lipinski definition) is 5. The zero-order chi connectivity index (χ0) is 21.1. The standard InChI is InChI=1S/C23H24N4O3/c1-16-21-18(14-19(20-10-7-12-30-20)24-22(21)26(2)25-16)23(28)27(11-13-29-3)15-17-8-5-4-6-9-17/h4-10,12,14H,11,13,15H2,1-3H3. The number of aromatic nitrogens is 3. The van der Waals surface area contributed by atoms with Gasteiger partial charge in [0.15, 0.2) is 11.4 Å². The number of nitrogens with zero attached hydrogens (tertiary/aromatic N) is 4. The molecule has 0 saturated carbocycles. The maximum atomic E-state index is 13.7. The Hall–Kier alpha value is -3.45. The average Bonchev–Trinajstić information content (AvgIpc) is 3.39. The van der Waals surface area contributed by atoms with Gasteiger partial charge in [-0.05, 0) is 30.7 Å². The van der Waals surface area contributed by atoms with Crippen LogP contribution in [0.3, 0.4) is 0 Å². The summed E-state index contributed by atoms with van der Waals surface area (Å²) in [6, 6.07) is 15.4. The Kier molecular flexibility index (Phi) is 5.63. The molecule has 154 valence electrons. The van der Waals surface area contributed by atoms with Gasteiger partial charge in [-0.2, -0.15) is 5.10 Å². The summed E-state index contributed by atoms with van der Waals surface area (Å²) in [5, 5.41) is 5.25. The Bertz CT molecular complexity index is 1150. The predicted octanol–water partition coefficient (Wildman–Crippen LogP) is 3.83. The Morgan fingerprint density at radius 3 is 2.70 bits per heavy atom. The minimum atomic E-state index is -0.0905. The van der Waals surface area contributed by atoms with Crippen molar-refractivity contribution in [2.24, 2.45) is 7.05 Å². The third kappa shape index (κ3) is 3.84. The molecule has 7 nitrogen and oxygen atoms in total. The van der Waals surface area contributed by atoms with Gasteiger partial charge in [0.1, 0.15) is 5.69 Å². The molecule has 0 spiro atoms. The Labute approximate surface area is 174 Å². The lowest BCUT2D eigenvalue weighted by Gasteiger charge is -2.23. The molecule has 3 heterocycles. The van der Waals surface area contributed by atoms with Gasteiger partial charge in [-0.15, -0.1) is 0 Å². The van der Waals surface area contributed by atoms with Crippen LogP contribution < -0.4 is 0 Å². The minimum absolute atomic E-state index is 0.0905. The molecule has 0 atom stereocenters. The van der Waals surface area contributed by atoms with E-state index in [1.54, 1.807) is 35.1 Å². The quantitative estimate of drug-likeness (QED) is 0.468. The number of furan rings is 1. The van der Waals surface area contributed by atoms with Gasteiger partial charge in [-0.1, -0.05) is 30.3 Å². The second-order valence-electron chi connectivity index (χ2n) is 7.15. The zero-order valence-corrected chi connectivity index (χ0v) is 17.3. The number of methoxy groups -OCH3 is 1. The van der Waals surface area contributed by atoms with Crippen molar-refractivity contribution in [1.29, 1.82) is 0 Å². The molecular weight excluding hydrogens is 380 g/mol. The second-order valence-corrected chi connectivity index (χ2v) is 7.15. The van der Waals surface area contributed by atoms with Crippen molar-refractivity contribution in [2.75, 3.05) is 20.3 Å². The van der Waals surface area contributed by atoms with Crippen molar-refractivity contribution in [3.05, 3.63) is 71.6 Å². The van der Waals surface area contributed by atoms with Crippen LogP contribution in [0.2, 0.25) is 0 Å². The van der Waals surface area contributed by atoms with E-state index in [1.165, 1.54) is 0 Å². The van der Waals surface area contributed by atoms with Gasteiger partial charge in [0, 0.05) is 27.2 Å². The monoisotopic (exact) mass is 404 g/mol. The highest BCUT2D eigenvalue weighted by Crippen LogP contribution is 2.28. The molecule has 3 aromatic heterocycles. The van der Waals surface area contributed by atoms with Crippen LogP contribution in [-0.2, 0) is 18.3 Å². The normalized spacial score (nSPS) is 11.2. The van der Waals surface area contributed by atoms with Gasteiger partial charge < -0.3 is 14.1 Å². The maximum Gasteiger partial charge on any atom is 0.255 e. The molecule has 0 aliphatic carbocycles. The van der Waals surface area contributed by atoms with Gasteiger partial charge in [0.05, 0.1) is 29.5 Å². The van der Waals surface area contributed by atoms with E-state index >= 15 is 0 Å². The van der Waals surface area contributed by atoms with Gasteiger partial charge in [0.2, 0.25) is 0 Å². The molecule has 0 aliphatic rings. The van der Waals surface area contributed by atoms with Crippen molar-refractivity contribution in [1.82, 2.24) is 19.7 Å². The summed E-state index contributed by atoms with van der Waals surface area (Å²) in [6.07, 6.45) is 1.59. The van der Waals surface area contributed by atoms with Gasteiger partial charge >= 0.3 is 0 Å². The van der Waals surface area contributed by atoms with Crippen LogP contribution in [0, 0.1) is 6.92 Å². The summed E-state index contributed by atoms with van der Waals surface area (Å²) in [5.74, 6) is 0.517. The first-order valence-corrected chi connectivity index (χ1v) is 9.79. The van der Waals surface area contributed by atoms with E-state index in [9.17, 15) is 4.79 Å². The molecule has 1 amide bonds. The molecule has 4 aromatic rings. The molecule has 1 aromatic carbocycles. The number of ether oxygens (including phenoxy) is 1. The van der Waals surface area contributed by atoms with Crippen molar-refractivity contribution in [3.8, 4) is 11.5 Å². The lowest BCUT2D eigenvalue weighted by molar-refractivity contribution is 0.0682. The van der Waals surface area contributed by atoms with Crippen LogP contribution in [0.5, 0.6) is 0 Å². The molecule has 0 N–H and O–H groups in total. The number of amides is 1. The van der Waals surface area contributed by atoms with Crippen molar-refractivity contribution < 1.29 is 13.9 Å². The number of carbonyl (C=O) groups excluding carboxylic acids is 1. The number of benzene rings is 1. The van der Waals surface area contributed by atoms with Crippen LogP contribution in [0.1, 0.15) is 21.6 Å². The molecule has 30 heavy (non-hydrogen) atoms. The molecule has 7 heteroatoms. The van der Waals surface area contributed by atoms with Crippen molar-refractivity contribution in [3.63, 3.8) is 0 Å². The fourth-order valence-electron chi connectivity index (χ4n) is 3.59. The van der Waals surface area contributed by atoms with Crippen LogP contribution in [0.25, 0.3) is 22.5 Å². The van der Waals surface area contributed by atoms with E-state index in [4.69, 9.17) is 14.1 Å². The molecule has 0 radical (unpaired) electrons. The Balaban J connectivity index is 1.81. The minimum Gasteiger partial charge on any atom is -0.463 e. The molecular formula is C23H24N4O3. The van der Waals surface area contributed by atoms with Crippen molar-refractivity contribution in [2.45, 2.75) is 13.5 Å². The van der Waals surface area contributed by atoms with Gasteiger partial charge in [-0.25, -0.2) is 4.98 Å². The molecule has 4 rings (SSSR count). The summed E-state index contributed by atoms with van der Waals surface area (Å²) in [6.45, 7) is 3.31. The van der Waals surface area contributed by atoms with Crippen LogP contribution in [-0.4, -0.2) is 45.8 Å². The Morgan fingerprint density at radius 1 is 1.20 bits per heavy atom. The second kappa shape index (κ2) is 8.51. The SMILES string of the molecule is COCCN(Cc1ccccc1)C(=O)c1cc(-c2ccco2)nc2c1c(C)nn2C. The van der Waals surface area contributed by atoms with Gasteiger partial charge in [-0.3, -0.25) is 9.48 Å². The van der Waals surface area contributed by atoms with Crippen LogP contribution in [0.15, 0.2) is 59.2 Å². The fourth-order valence-corrected chi connectivity index (χ4v) is 3.59. The van der Waals surface area contributed by atoms with Crippen LogP contribution >= 0.6 is 0 Å². The maximum absolute atomic E-state index is 13.7. The van der Waals surface area contributed by atoms with E-state index in [0.29, 0.717) is 42.4 Å². The van der Waals surface area contributed by atoms with Crippen molar-refractivity contribution >= 4 is 16.9 Å². The summed E-state index contributed by atoms with van der Waals surface area (Å²) >= 11 is 0. The van der Waals surface area contributed by atoms with Crippen LogP contribution in [0.4, 0.5) is 0 Å². The van der Waals surface area contributed by atoms with E-state index in [0.717, 1.165) is 16.6 Å². The summed E-state index contributed by atoms with van der Waals surface area (Å²) in [5.41, 5.74) is 3.63. The number of fused-ring (bicyclic) bond motifs is 1. The highest BCUT2D eigenvalue weighted by Gasteiger charge is 2.24. The number of carbonyl (C=O) groups is 1. The Morgan fingerprint density at radius 2 is 2.00 bits per heavy atom. The van der Waals surface area contributed by atoms with E-state index < -0.39 is 0 Å². The summed E-state index contributed by atoms with van der Waals surface area (Å²) in [4.78, 5) is 20.2. The zero-order valence-electron chi connectivity index (χ0n) is 17.3. The number of hydrogen-bond donors (Lipinski definition) is 0. The first-order chi connectivity index (χ1) is 14.6. The lowest BCUT2D eigenvalue weighted by atomic mass is 10.1. The van der Waals surface area contributed by atoms with Gasteiger partial charge in [0.25, 0.3) is 5.91 Å². The van der Waals surface area contributed by atoms with E-state index in [-0.39, 0.29) is 5.91 Å². The largest absolute Gasteiger partial charge is 0.463 e. The number of rotatable bonds is 7.